The first-order valence-electron chi connectivity index (χ1n) is 18.7. The maximum absolute atomic E-state index is 12.6. The number of carbonyl (C=O) groups excluding carboxylic acids is 2. The molecule has 0 unspecified atom stereocenters. The third-order valence-corrected chi connectivity index (χ3v) is 9.63. The Labute approximate surface area is 318 Å². The molecule has 0 radical (unpaired) electrons. The van der Waals surface area contributed by atoms with Gasteiger partial charge in [-0.05, 0) is 77.5 Å². The first-order chi connectivity index (χ1) is 26.3. The molecule has 1 aliphatic rings. The number of benzene rings is 5. The maximum atomic E-state index is 12.6. The van der Waals surface area contributed by atoms with E-state index in [9.17, 15) is 14.7 Å². The smallest absolute Gasteiger partial charge is 0.224 e. The van der Waals surface area contributed by atoms with Gasteiger partial charge in [-0.15, -0.1) is 0 Å². The van der Waals surface area contributed by atoms with Gasteiger partial charge in [-0.2, -0.15) is 0 Å². The third-order valence-electron chi connectivity index (χ3n) is 9.63. The summed E-state index contributed by atoms with van der Waals surface area (Å²) in [5.41, 5.74) is 14.2. The van der Waals surface area contributed by atoms with Gasteiger partial charge in [0, 0.05) is 44.5 Å². The molecule has 9 nitrogen and oxygen atoms in total. The Hall–Kier alpha value is -5.32. The lowest BCUT2D eigenvalue weighted by Crippen LogP contribution is -2.37. The number of para-hydroxylation sites is 2. The predicted octanol–water partition coefficient (Wildman–Crippen LogP) is 7.92. The number of unbranched alkanes of at least 4 members (excludes halogenated alkanes) is 1. The lowest BCUT2D eigenvalue weighted by molar-refractivity contribution is -0.252. The van der Waals surface area contributed by atoms with Gasteiger partial charge < -0.3 is 30.9 Å². The number of anilines is 2. The van der Waals surface area contributed by atoms with Crippen molar-refractivity contribution in [3.63, 3.8) is 0 Å². The van der Waals surface area contributed by atoms with Crippen molar-refractivity contribution in [3.05, 3.63) is 155 Å². The average Bonchev–Trinajstić information content (AvgIpc) is 3.20. The van der Waals surface area contributed by atoms with Crippen LogP contribution in [0.1, 0.15) is 72.3 Å². The summed E-state index contributed by atoms with van der Waals surface area (Å²) in [5.74, 6) is -0.165. The number of amides is 2. The normalized spacial score (nSPS) is 16.9. The van der Waals surface area contributed by atoms with E-state index in [4.69, 9.17) is 15.2 Å². The van der Waals surface area contributed by atoms with E-state index in [-0.39, 0.29) is 30.6 Å². The Kier molecular flexibility index (Phi) is 13.6. The number of hydrogen-bond acceptors (Lipinski definition) is 7. The minimum atomic E-state index is -0.568. The van der Waals surface area contributed by atoms with Crippen molar-refractivity contribution in [2.75, 3.05) is 24.6 Å². The van der Waals surface area contributed by atoms with Crippen LogP contribution in [-0.2, 0) is 38.8 Å². The second-order valence-electron chi connectivity index (χ2n) is 14.0. The SMILES string of the molecule is CN(Cc1ccccc1)C[C@@H]1C[C@H](c2ccc(CO)cc2)O[C@H](c2cccc(-c3cccc(CNC(=O)CCCCC(=O)Nc4ccccc4N)c3)c2)O1. The molecule has 0 spiro atoms. The number of hydrogen-bond donors (Lipinski definition) is 4. The van der Waals surface area contributed by atoms with Crippen LogP contribution in [0, 0.1) is 0 Å². The van der Waals surface area contributed by atoms with Crippen LogP contribution in [0.4, 0.5) is 11.4 Å². The van der Waals surface area contributed by atoms with Crippen LogP contribution in [0.5, 0.6) is 0 Å². The van der Waals surface area contributed by atoms with Gasteiger partial charge in [-0.1, -0.05) is 103 Å². The van der Waals surface area contributed by atoms with E-state index in [1.807, 2.05) is 66.7 Å². The molecule has 6 rings (SSSR count). The summed E-state index contributed by atoms with van der Waals surface area (Å²) in [7, 11) is 2.12. The minimum Gasteiger partial charge on any atom is -0.397 e. The first-order valence-corrected chi connectivity index (χ1v) is 18.7. The average molecular weight is 727 g/mol. The number of nitrogens with two attached hydrogens (primary N) is 1. The Morgan fingerprint density at radius 1 is 0.741 bits per heavy atom. The fourth-order valence-electron chi connectivity index (χ4n) is 6.75. The molecule has 5 aromatic carbocycles. The Balaban J connectivity index is 1.06. The van der Waals surface area contributed by atoms with Gasteiger partial charge in [0.2, 0.25) is 11.8 Å². The molecule has 1 saturated heterocycles. The molecular weight excluding hydrogens is 677 g/mol. The van der Waals surface area contributed by atoms with E-state index in [0.717, 1.165) is 46.5 Å². The van der Waals surface area contributed by atoms with Gasteiger partial charge >= 0.3 is 0 Å². The molecule has 2 amide bonds. The highest BCUT2D eigenvalue weighted by atomic mass is 16.7. The van der Waals surface area contributed by atoms with Gasteiger partial charge in [0.15, 0.2) is 6.29 Å². The highest BCUT2D eigenvalue weighted by Gasteiger charge is 2.33. The largest absolute Gasteiger partial charge is 0.397 e. The number of nitrogen functional groups attached to an aromatic ring is 1. The Morgan fingerprint density at radius 3 is 2.19 bits per heavy atom. The third kappa shape index (κ3) is 11.1. The van der Waals surface area contributed by atoms with E-state index in [1.54, 1.807) is 12.1 Å². The molecule has 1 fully saturated rings. The zero-order chi connectivity index (χ0) is 37.7. The Morgan fingerprint density at radius 2 is 1.43 bits per heavy atom. The Bertz CT molecular complexity index is 1970. The summed E-state index contributed by atoms with van der Waals surface area (Å²) in [6.45, 7) is 1.97. The fourth-order valence-corrected chi connectivity index (χ4v) is 6.75. The molecule has 1 heterocycles. The van der Waals surface area contributed by atoms with Crippen molar-refractivity contribution in [2.24, 2.45) is 0 Å². The monoisotopic (exact) mass is 726 g/mol. The van der Waals surface area contributed by atoms with Crippen molar-refractivity contribution in [1.82, 2.24) is 10.2 Å². The number of ether oxygens (including phenoxy) is 2. The summed E-state index contributed by atoms with van der Waals surface area (Å²) in [4.78, 5) is 27.2. The highest BCUT2D eigenvalue weighted by Crippen LogP contribution is 2.39. The fraction of sp³-hybridized carbons (Fsp3) is 0.289. The minimum absolute atomic E-state index is 0.00119. The maximum Gasteiger partial charge on any atom is 0.224 e. The molecule has 0 bridgehead atoms. The highest BCUT2D eigenvalue weighted by molar-refractivity contribution is 5.93. The van der Waals surface area contributed by atoms with Crippen LogP contribution >= 0.6 is 0 Å². The van der Waals surface area contributed by atoms with Crippen LogP contribution < -0.4 is 16.4 Å². The molecule has 280 valence electrons. The number of nitrogens with one attached hydrogen (secondary N) is 2. The van der Waals surface area contributed by atoms with E-state index < -0.39 is 6.29 Å². The van der Waals surface area contributed by atoms with Gasteiger partial charge in [0.1, 0.15) is 0 Å². The zero-order valence-electron chi connectivity index (χ0n) is 30.8. The predicted molar refractivity (Wildman–Crippen MR) is 213 cm³/mol. The van der Waals surface area contributed by atoms with Crippen LogP contribution in [0.25, 0.3) is 11.1 Å². The molecule has 9 heteroatoms. The van der Waals surface area contributed by atoms with Crippen LogP contribution in [0.2, 0.25) is 0 Å². The second kappa shape index (κ2) is 19.1. The van der Waals surface area contributed by atoms with Crippen LogP contribution in [0.15, 0.2) is 127 Å². The zero-order valence-corrected chi connectivity index (χ0v) is 30.8. The summed E-state index contributed by atoms with van der Waals surface area (Å²) < 4.78 is 13.3. The van der Waals surface area contributed by atoms with E-state index in [2.05, 4.69) is 71.1 Å². The number of likely N-dealkylation sites (N-methyl/N-ethyl adjacent to an activating group) is 1. The van der Waals surface area contributed by atoms with Crippen molar-refractivity contribution in [1.29, 1.82) is 0 Å². The quantitative estimate of drug-likeness (QED) is 0.0601. The van der Waals surface area contributed by atoms with Gasteiger partial charge in [-0.25, -0.2) is 0 Å². The van der Waals surface area contributed by atoms with Crippen molar-refractivity contribution < 1.29 is 24.2 Å². The van der Waals surface area contributed by atoms with E-state index >= 15 is 0 Å². The molecule has 1 aliphatic heterocycles. The number of carbonyl (C=O) groups is 2. The van der Waals surface area contributed by atoms with Crippen molar-refractivity contribution in [2.45, 2.75) is 70.3 Å². The number of aliphatic hydroxyl groups excluding tert-OH is 1. The molecule has 0 aliphatic carbocycles. The molecular formula is C45H50N4O5. The van der Waals surface area contributed by atoms with Crippen molar-refractivity contribution >= 4 is 23.2 Å². The summed E-state index contributed by atoms with van der Waals surface area (Å²) in [6, 6.07) is 42.0. The lowest BCUT2D eigenvalue weighted by Gasteiger charge is -2.38. The molecule has 5 N–H and O–H groups in total. The molecule has 3 atom stereocenters. The van der Waals surface area contributed by atoms with Crippen molar-refractivity contribution in [3.8, 4) is 11.1 Å². The molecule has 0 saturated carbocycles. The van der Waals surface area contributed by atoms with Gasteiger partial charge in [0.05, 0.1) is 30.2 Å². The number of aliphatic hydroxyl groups is 1. The van der Waals surface area contributed by atoms with E-state index in [0.29, 0.717) is 50.0 Å². The number of nitrogens with zero attached hydrogens (tertiary/aromatic N) is 1. The molecule has 54 heavy (non-hydrogen) atoms. The standard InChI is InChI=1S/C45H50N4O5/c1-49(29-32-11-3-2-4-12-32)30-39-27-42(35-23-21-33(31-50)22-24-35)54-45(53-39)38-16-10-15-37(26-38)36-14-9-13-34(25-36)28-47-43(51)19-7-8-20-44(52)48-41-18-6-5-17-40(41)46/h2-6,9-18,21-26,39,42,45,50H,7-8,19-20,27-31,46H2,1H3,(H,47,51)(H,48,52)/t39-,42+,45+/m0/s1. The summed E-state index contributed by atoms with van der Waals surface area (Å²) in [5, 5.41) is 15.4. The van der Waals surface area contributed by atoms with Crippen LogP contribution in [0.3, 0.4) is 0 Å². The van der Waals surface area contributed by atoms with Crippen LogP contribution in [-0.4, -0.2) is 41.5 Å². The first kappa shape index (κ1) is 38.4. The van der Waals surface area contributed by atoms with Gasteiger partial charge in [-0.3, -0.25) is 14.5 Å². The second-order valence-corrected chi connectivity index (χ2v) is 14.0. The van der Waals surface area contributed by atoms with Gasteiger partial charge in [0.25, 0.3) is 0 Å². The van der Waals surface area contributed by atoms with E-state index in [1.165, 1.54) is 5.56 Å². The lowest BCUT2D eigenvalue weighted by atomic mass is 9.98. The number of rotatable bonds is 16. The topological polar surface area (TPSA) is 126 Å². The molecule has 5 aromatic rings. The summed E-state index contributed by atoms with van der Waals surface area (Å²) in [6.07, 6.45) is 1.79. The molecule has 0 aromatic heterocycles. The summed E-state index contributed by atoms with van der Waals surface area (Å²) >= 11 is 0.